The maximum absolute atomic E-state index is 11.6. The molecule has 3 heteroatoms. The fraction of sp³-hybridized carbons (Fsp3) is 0.133. The average Bonchev–Trinajstić information content (AvgIpc) is 2.45. The molecule has 18 heavy (non-hydrogen) atoms. The minimum absolute atomic E-state index is 0.164. The molecule has 0 unspecified atom stereocenters. The monoisotopic (exact) mass is 239 g/mol. The van der Waals surface area contributed by atoms with Crippen LogP contribution in [0.3, 0.4) is 0 Å². The Morgan fingerprint density at radius 1 is 1.11 bits per heavy atom. The second-order valence-electron chi connectivity index (χ2n) is 3.93. The third kappa shape index (κ3) is 3.89. The van der Waals surface area contributed by atoms with Gasteiger partial charge in [-0.3, -0.25) is 0 Å². The van der Waals surface area contributed by atoms with Crippen molar-refractivity contribution < 1.29 is 4.79 Å². The van der Waals surface area contributed by atoms with E-state index in [-0.39, 0.29) is 6.03 Å². The van der Waals surface area contributed by atoms with E-state index < -0.39 is 0 Å². The molecule has 0 heterocycles. The van der Waals surface area contributed by atoms with E-state index in [0.717, 1.165) is 11.1 Å². The first-order valence-corrected chi connectivity index (χ1v) is 5.85. The molecule has 1 aliphatic carbocycles. The average molecular weight is 239 g/mol. The molecule has 2 amide bonds. The molecule has 0 aromatic heterocycles. The Hall–Kier alpha value is -2.38. The lowest BCUT2D eigenvalue weighted by atomic mass is 10.1. The van der Waals surface area contributed by atoms with E-state index in [1.165, 1.54) is 0 Å². The lowest BCUT2D eigenvalue weighted by Gasteiger charge is -2.06. The Bertz CT molecular complexity index is 486. The number of carbonyl (C=O) groups is 1. The van der Waals surface area contributed by atoms with Crippen LogP contribution in [0.5, 0.6) is 0 Å². The van der Waals surface area contributed by atoms with Crippen LogP contribution in [0.25, 0.3) is 0 Å². The number of hydrogen-bond donors (Lipinski definition) is 2. The van der Waals surface area contributed by atoms with Crippen LogP contribution < -0.4 is 10.6 Å². The molecule has 0 saturated heterocycles. The highest BCUT2D eigenvalue weighted by Crippen LogP contribution is 2.01. The maximum atomic E-state index is 11.6. The highest BCUT2D eigenvalue weighted by atomic mass is 16.2. The molecular weight excluding hydrogens is 224 g/mol. The Kier molecular flexibility index (Phi) is 4.28. The summed E-state index contributed by atoms with van der Waals surface area (Å²) < 4.78 is 0. The number of urea groups is 1. The van der Waals surface area contributed by atoms with Crippen molar-refractivity contribution in [1.82, 2.24) is 10.6 Å². The van der Waals surface area contributed by atoms with Gasteiger partial charge in [-0.1, -0.05) is 30.3 Å². The normalized spacial score (nSPS) is 12.6. The van der Waals surface area contributed by atoms with Crippen molar-refractivity contribution in [2.24, 2.45) is 0 Å². The van der Waals surface area contributed by atoms with E-state index in [4.69, 9.17) is 0 Å². The lowest BCUT2D eigenvalue weighted by Crippen LogP contribution is -2.36. The smallest absolute Gasteiger partial charge is 0.316 e. The van der Waals surface area contributed by atoms with Crippen molar-refractivity contribution in [1.29, 1.82) is 0 Å². The van der Waals surface area contributed by atoms with Crippen molar-refractivity contribution in [3.63, 3.8) is 0 Å². The van der Waals surface area contributed by atoms with Gasteiger partial charge in [0, 0.05) is 18.7 Å². The van der Waals surface area contributed by atoms with Gasteiger partial charge in [-0.25, -0.2) is 4.79 Å². The second-order valence-corrected chi connectivity index (χ2v) is 3.93. The number of benzene rings is 1. The number of carbonyl (C=O) groups excluding carboxylic acids is 1. The van der Waals surface area contributed by atoms with E-state index in [2.05, 4.69) is 16.7 Å². The van der Waals surface area contributed by atoms with E-state index in [9.17, 15) is 4.79 Å². The largest absolute Gasteiger partial charge is 0.334 e. The van der Waals surface area contributed by atoms with Gasteiger partial charge < -0.3 is 10.6 Å². The molecule has 0 atom stereocenters. The molecular formula is C15H15N2O+. The molecule has 1 aliphatic rings. The molecule has 90 valence electrons. The third-order valence-corrected chi connectivity index (χ3v) is 2.52. The summed E-state index contributed by atoms with van der Waals surface area (Å²) in [6, 6.07) is 9.65. The Morgan fingerprint density at radius 2 is 1.89 bits per heavy atom. The Balaban J connectivity index is 1.71. The van der Waals surface area contributed by atoms with Gasteiger partial charge in [-0.2, -0.15) is 0 Å². The zero-order chi connectivity index (χ0) is 12.6. The van der Waals surface area contributed by atoms with Gasteiger partial charge in [0.25, 0.3) is 0 Å². The first-order chi connectivity index (χ1) is 8.84. The van der Waals surface area contributed by atoms with Crippen LogP contribution in [-0.2, 0) is 6.54 Å². The highest BCUT2D eigenvalue weighted by Gasteiger charge is 2.05. The summed E-state index contributed by atoms with van der Waals surface area (Å²) in [5.41, 5.74) is 2.12. The Morgan fingerprint density at radius 3 is 2.61 bits per heavy atom. The zero-order valence-corrected chi connectivity index (χ0v) is 10.0. The summed E-state index contributed by atoms with van der Waals surface area (Å²) >= 11 is 0. The number of allylic oxidation sites excluding steroid dienone is 4. The highest BCUT2D eigenvalue weighted by molar-refractivity contribution is 5.74. The minimum Gasteiger partial charge on any atom is -0.334 e. The van der Waals surface area contributed by atoms with E-state index in [1.807, 2.05) is 54.6 Å². The molecule has 2 rings (SSSR count). The van der Waals surface area contributed by atoms with Gasteiger partial charge in [0.1, 0.15) is 12.2 Å². The summed E-state index contributed by atoms with van der Waals surface area (Å²) in [6.07, 6.45) is 10.5. The van der Waals surface area contributed by atoms with Gasteiger partial charge in [-0.05, 0) is 5.56 Å². The van der Waals surface area contributed by atoms with Crippen LogP contribution in [0.1, 0.15) is 5.56 Å². The SMILES string of the molecule is O=C(NCC1=CC=C[C+]=C1)NCc1ccccc1. The van der Waals surface area contributed by atoms with Gasteiger partial charge in [0.15, 0.2) is 0 Å². The molecule has 0 saturated carbocycles. The van der Waals surface area contributed by atoms with Crippen LogP contribution >= 0.6 is 0 Å². The van der Waals surface area contributed by atoms with Crippen molar-refractivity contribution in [2.45, 2.75) is 6.54 Å². The van der Waals surface area contributed by atoms with Crippen LogP contribution in [0.2, 0.25) is 0 Å². The molecule has 0 spiro atoms. The van der Waals surface area contributed by atoms with Gasteiger partial charge in [-0.15, -0.1) is 0 Å². The van der Waals surface area contributed by atoms with Crippen molar-refractivity contribution in [3.05, 3.63) is 71.8 Å². The van der Waals surface area contributed by atoms with Crippen molar-refractivity contribution in [2.75, 3.05) is 6.54 Å². The number of rotatable bonds is 4. The number of amides is 2. The van der Waals surface area contributed by atoms with E-state index in [1.54, 1.807) is 0 Å². The molecule has 0 radical (unpaired) electrons. The Labute approximate surface area is 107 Å². The van der Waals surface area contributed by atoms with E-state index >= 15 is 0 Å². The molecule has 0 bridgehead atoms. The molecule has 0 aliphatic heterocycles. The summed E-state index contributed by atoms with van der Waals surface area (Å²) in [5, 5.41) is 5.61. The van der Waals surface area contributed by atoms with E-state index in [0.29, 0.717) is 13.1 Å². The summed E-state index contributed by atoms with van der Waals surface area (Å²) in [6.45, 7) is 1.05. The molecule has 2 N–H and O–H groups in total. The summed E-state index contributed by atoms with van der Waals surface area (Å²) in [7, 11) is 0. The van der Waals surface area contributed by atoms with Crippen molar-refractivity contribution in [3.8, 4) is 0 Å². The molecule has 3 nitrogen and oxygen atoms in total. The lowest BCUT2D eigenvalue weighted by molar-refractivity contribution is 0.241. The fourth-order valence-electron chi connectivity index (χ4n) is 1.56. The topological polar surface area (TPSA) is 41.1 Å². The second kappa shape index (κ2) is 6.38. The molecule has 1 aromatic rings. The fourth-order valence-corrected chi connectivity index (χ4v) is 1.56. The number of hydrogen-bond acceptors (Lipinski definition) is 1. The first-order valence-electron chi connectivity index (χ1n) is 5.85. The predicted octanol–water partition coefficient (Wildman–Crippen LogP) is 2.34. The standard InChI is InChI=1S/C15H14N2O/c18-15(16-11-13-7-3-1-4-8-13)17-12-14-9-5-2-6-10-14/h1-5,7-10H,11-12H2,(H-,16,17,18)/p+1. The molecule has 0 fully saturated rings. The van der Waals surface area contributed by atoms with Crippen LogP contribution in [0.4, 0.5) is 4.79 Å². The summed E-state index contributed by atoms with van der Waals surface area (Å²) in [5.74, 6) is 0. The zero-order valence-electron chi connectivity index (χ0n) is 10.0. The molecule has 1 aromatic carbocycles. The van der Waals surface area contributed by atoms with Gasteiger partial charge in [0.05, 0.1) is 18.2 Å². The first kappa shape index (κ1) is 12.1. The maximum Gasteiger partial charge on any atom is 0.316 e. The van der Waals surface area contributed by atoms with Crippen molar-refractivity contribution >= 4 is 6.03 Å². The van der Waals surface area contributed by atoms with Crippen LogP contribution in [0.15, 0.2) is 60.2 Å². The predicted molar refractivity (Wildman–Crippen MR) is 71.7 cm³/mol. The summed E-state index contributed by atoms with van der Waals surface area (Å²) in [4.78, 5) is 11.6. The number of nitrogens with one attached hydrogen (secondary N) is 2. The third-order valence-electron chi connectivity index (χ3n) is 2.52. The minimum atomic E-state index is -0.164. The van der Waals surface area contributed by atoms with Crippen LogP contribution in [-0.4, -0.2) is 12.6 Å². The van der Waals surface area contributed by atoms with Gasteiger partial charge in [0.2, 0.25) is 0 Å². The van der Waals surface area contributed by atoms with Crippen LogP contribution in [0, 0.1) is 6.08 Å². The quantitative estimate of drug-likeness (QED) is 0.778. The van der Waals surface area contributed by atoms with Gasteiger partial charge >= 0.3 is 6.03 Å².